The van der Waals surface area contributed by atoms with E-state index in [0.29, 0.717) is 12.3 Å². The minimum absolute atomic E-state index is 0.0578. The highest BCUT2D eigenvalue weighted by molar-refractivity contribution is 8.00. The highest BCUT2D eigenvalue weighted by Crippen LogP contribution is 2.18. The van der Waals surface area contributed by atoms with E-state index in [9.17, 15) is 4.79 Å². The summed E-state index contributed by atoms with van der Waals surface area (Å²) >= 11 is 1.43. The van der Waals surface area contributed by atoms with E-state index in [2.05, 4.69) is 5.32 Å². The molecule has 0 aliphatic rings. The molecule has 1 aromatic carbocycles. The fourth-order valence-corrected chi connectivity index (χ4v) is 1.91. The second-order valence-corrected chi connectivity index (χ2v) is 4.12. The molecule has 1 aromatic rings. The highest BCUT2D eigenvalue weighted by Gasteiger charge is 2.02. The Morgan fingerprint density at radius 1 is 1.56 bits per heavy atom. The Labute approximate surface area is 98.8 Å². The van der Waals surface area contributed by atoms with Gasteiger partial charge in [0.2, 0.25) is 5.91 Å². The van der Waals surface area contributed by atoms with E-state index in [0.717, 1.165) is 10.5 Å². The summed E-state index contributed by atoms with van der Waals surface area (Å²) in [5, 5.41) is 10.8. The first-order valence-corrected chi connectivity index (χ1v) is 5.80. The van der Waals surface area contributed by atoms with Crippen LogP contribution in [0, 0.1) is 11.3 Å². The lowest BCUT2D eigenvalue weighted by molar-refractivity contribution is -0.118. The Balaban J connectivity index is 2.42. The monoisotopic (exact) mass is 235 g/mol. The second-order valence-electron chi connectivity index (χ2n) is 3.08. The molecule has 4 nitrogen and oxygen atoms in total. The number of hydrogen-bond donors (Lipinski definition) is 2. The van der Waals surface area contributed by atoms with Crippen molar-refractivity contribution in [2.24, 2.45) is 5.73 Å². The molecule has 0 spiro atoms. The average molecular weight is 235 g/mol. The summed E-state index contributed by atoms with van der Waals surface area (Å²) in [6.45, 7) is 0.553. The lowest BCUT2D eigenvalue weighted by atomic mass is 10.2. The van der Waals surface area contributed by atoms with Crippen LogP contribution >= 0.6 is 11.8 Å². The molecule has 1 amide bonds. The van der Waals surface area contributed by atoms with Crippen LogP contribution in [0.25, 0.3) is 0 Å². The third kappa shape index (κ3) is 4.34. The van der Waals surface area contributed by atoms with Gasteiger partial charge in [0.05, 0.1) is 11.8 Å². The molecule has 0 bridgehead atoms. The van der Waals surface area contributed by atoms with Crippen LogP contribution in [0.3, 0.4) is 0 Å². The van der Waals surface area contributed by atoms with Gasteiger partial charge in [0.1, 0.15) is 6.54 Å². The van der Waals surface area contributed by atoms with Crippen LogP contribution in [0.4, 0.5) is 0 Å². The van der Waals surface area contributed by atoms with Crippen LogP contribution in [0.2, 0.25) is 0 Å². The first kappa shape index (κ1) is 12.6. The van der Waals surface area contributed by atoms with Crippen LogP contribution in [-0.2, 0) is 11.3 Å². The molecule has 3 N–H and O–H groups in total. The molecule has 0 saturated carbocycles. The number of nitrogens with two attached hydrogens (primary N) is 1. The van der Waals surface area contributed by atoms with E-state index < -0.39 is 0 Å². The van der Waals surface area contributed by atoms with Crippen molar-refractivity contribution < 1.29 is 4.79 Å². The number of nitrogens with zero attached hydrogens (tertiary/aromatic N) is 1. The molecule has 0 aliphatic heterocycles. The number of rotatable bonds is 5. The van der Waals surface area contributed by atoms with Crippen molar-refractivity contribution in [2.45, 2.75) is 11.4 Å². The van der Waals surface area contributed by atoms with Gasteiger partial charge in [-0.2, -0.15) is 5.26 Å². The first-order chi connectivity index (χ1) is 7.76. The molecule has 0 fully saturated rings. The van der Waals surface area contributed by atoms with Gasteiger partial charge in [0.15, 0.2) is 0 Å². The van der Waals surface area contributed by atoms with Gasteiger partial charge in [0, 0.05) is 11.4 Å². The number of amides is 1. The summed E-state index contributed by atoms with van der Waals surface area (Å²) in [4.78, 5) is 12.2. The van der Waals surface area contributed by atoms with Gasteiger partial charge in [-0.25, -0.2) is 0 Å². The number of nitrogens with one attached hydrogen (secondary N) is 1. The summed E-state index contributed by atoms with van der Waals surface area (Å²) in [6, 6.07) is 9.61. The lowest BCUT2D eigenvalue weighted by Gasteiger charge is -2.03. The Hall–Kier alpha value is -1.51. The van der Waals surface area contributed by atoms with Crippen molar-refractivity contribution in [3.63, 3.8) is 0 Å². The van der Waals surface area contributed by atoms with Gasteiger partial charge in [-0.15, -0.1) is 11.8 Å². The largest absolute Gasteiger partial charge is 0.342 e. The molecule has 1 rings (SSSR count). The van der Waals surface area contributed by atoms with Gasteiger partial charge in [-0.05, 0) is 17.7 Å². The van der Waals surface area contributed by atoms with Crippen molar-refractivity contribution in [2.75, 3.05) is 12.3 Å². The minimum atomic E-state index is -0.135. The standard InChI is InChI=1S/C11H13N3OS/c12-4-5-14-11(15)8-16-10-3-1-2-9(6-10)7-13/h1-3,6H,5,7-8,13H2,(H,14,15). The first-order valence-electron chi connectivity index (χ1n) is 4.81. The maximum Gasteiger partial charge on any atom is 0.231 e. The molecule has 5 heteroatoms. The maximum absolute atomic E-state index is 11.2. The van der Waals surface area contributed by atoms with E-state index in [1.54, 1.807) is 0 Å². The SMILES string of the molecule is N#CCNC(=O)CSc1cccc(CN)c1. The van der Waals surface area contributed by atoms with E-state index in [4.69, 9.17) is 11.0 Å². The Morgan fingerprint density at radius 2 is 2.38 bits per heavy atom. The second kappa shape index (κ2) is 6.88. The quantitative estimate of drug-likeness (QED) is 0.586. The summed E-state index contributed by atoms with van der Waals surface area (Å²) in [5.41, 5.74) is 6.56. The molecule has 0 heterocycles. The van der Waals surface area contributed by atoms with Crippen molar-refractivity contribution in [3.05, 3.63) is 29.8 Å². The number of nitriles is 1. The van der Waals surface area contributed by atoms with Gasteiger partial charge >= 0.3 is 0 Å². The predicted molar refractivity (Wildman–Crippen MR) is 63.7 cm³/mol. The molecule has 16 heavy (non-hydrogen) atoms. The summed E-state index contributed by atoms with van der Waals surface area (Å²) < 4.78 is 0. The van der Waals surface area contributed by atoms with E-state index in [1.165, 1.54) is 11.8 Å². The average Bonchev–Trinajstić information content (AvgIpc) is 2.34. The van der Waals surface area contributed by atoms with E-state index in [-0.39, 0.29) is 12.5 Å². The highest BCUT2D eigenvalue weighted by atomic mass is 32.2. The molecule has 84 valence electrons. The fraction of sp³-hybridized carbons (Fsp3) is 0.273. The molecule has 0 atom stereocenters. The Kier molecular flexibility index (Phi) is 5.40. The Morgan fingerprint density at radius 3 is 3.06 bits per heavy atom. The summed E-state index contributed by atoms with van der Waals surface area (Å²) in [7, 11) is 0. The summed E-state index contributed by atoms with van der Waals surface area (Å²) in [5.74, 6) is 0.181. The fourth-order valence-electron chi connectivity index (χ4n) is 1.10. The molecule has 0 radical (unpaired) electrons. The van der Waals surface area contributed by atoms with Crippen molar-refractivity contribution >= 4 is 17.7 Å². The van der Waals surface area contributed by atoms with Crippen LogP contribution in [0.15, 0.2) is 29.2 Å². The van der Waals surface area contributed by atoms with Crippen LogP contribution in [0.1, 0.15) is 5.56 Å². The van der Waals surface area contributed by atoms with Crippen molar-refractivity contribution in [1.82, 2.24) is 5.32 Å². The number of thioether (sulfide) groups is 1. The van der Waals surface area contributed by atoms with Gasteiger partial charge < -0.3 is 11.1 Å². The third-order valence-corrected chi connectivity index (χ3v) is 2.86. The smallest absolute Gasteiger partial charge is 0.231 e. The predicted octanol–water partition coefficient (Wildman–Crippen LogP) is 0.877. The van der Waals surface area contributed by atoms with Crippen LogP contribution < -0.4 is 11.1 Å². The van der Waals surface area contributed by atoms with Crippen molar-refractivity contribution in [1.29, 1.82) is 5.26 Å². The molecule has 0 aromatic heterocycles. The lowest BCUT2D eigenvalue weighted by Crippen LogP contribution is -2.25. The van der Waals surface area contributed by atoms with E-state index in [1.807, 2.05) is 30.3 Å². The van der Waals surface area contributed by atoms with Crippen LogP contribution in [0.5, 0.6) is 0 Å². The minimum Gasteiger partial charge on any atom is -0.342 e. The topological polar surface area (TPSA) is 78.9 Å². The van der Waals surface area contributed by atoms with Crippen molar-refractivity contribution in [3.8, 4) is 6.07 Å². The van der Waals surface area contributed by atoms with Gasteiger partial charge in [-0.3, -0.25) is 4.79 Å². The molecule has 0 unspecified atom stereocenters. The zero-order valence-electron chi connectivity index (χ0n) is 8.77. The zero-order valence-corrected chi connectivity index (χ0v) is 9.59. The Bertz CT molecular complexity index is 400. The number of hydrogen-bond acceptors (Lipinski definition) is 4. The number of benzene rings is 1. The zero-order chi connectivity index (χ0) is 11.8. The summed E-state index contributed by atoms with van der Waals surface area (Å²) in [6.07, 6.45) is 0. The number of carbonyl (C=O) groups excluding carboxylic acids is 1. The van der Waals surface area contributed by atoms with E-state index >= 15 is 0 Å². The van der Waals surface area contributed by atoms with Crippen LogP contribution in [-0.4, -0.2) is 18.2 Å². The number of carbonyl (C=O) groups is 1. The van der Waals surface area contributed by atoms with Gasteiger partial charge in [-0.1, -0.05) is 12.1 Å². The molecular formula is C11H13N3OS. The normalized spacial score (nSPS) is 9.50. The molecule has 0 aliphatic carbocycles. The maximum atomic E-state index is 11.2. The van der Waals surface area contributed by atoms with Gasteiger partial charge in [0.25, 0.3) is 0 Å². The molecular weight excluding hydrogens is 222 g/mol. The molecule has 0 saturated heterocycles. The third-order valence-electron chi connectivity index (χ3n) is 1.87.